The Morgan fingerprint density at radius 2 is 2.00 bits per heavy atom. The van der Waals surface area contributed by atoms with E-state index in [9.17, 15) is 9.59 Å². The largest absolute Gasteiger partial charge is 0.652 e. The molecule has 1 saturated heterocycles. The molecule has 2 aliphatic rings. The van der Waals surface area contributed by atoms with Gasteiger partial charge < -0.3 is 14.8 Å². The van der Waals surface area contributed by atoms with Crippen molar-refractivity contribution in [3.8, 4) is 0 Å². The molecule has 2 rings (SSSR count). The van der Waals surface area contributed by atoms with Crippen molar-refractivity contribution in [1.82, 2.24) is 0 Å². The van der Waals surface area contributed by atoms with E-state index in [1.54, 1.807) is 26.8 Å². The Labute approximate surface area is 149 Å². The zero-order chi connectivity index (χ0) is 13.5. The van der Waals surface area contributed by atoms with Crippen LogP contribution in [-0.2, 0) is 19.1 Å². The van der Waals surface area contributed by atoms with E-state index in [1.807, 2.05) is 0 Å². The summed E-state index contributed by atoms with van der Waals surface area (Å²) in [7, 11) is 1.34. The van der Waals surface area contributed by atoms with Gasteiger partial charge in [0.1, 0.15) is 0 Å². The van der Waals surface area contributed by atoms with Crippen LogP contribution in [0.1, 0.15) is 27.2 Å². The monoisotopic (exact) mass is 479 g/mol. The van der Waals surface area contributed by atoms with Crippen molar-refractivity contribution < 1.29 is 63.1 Å². The number of fused-ring (bicyclic) bond motifs is 1. The zero-order valence-corrected chi connectivity index (χ0v) is 16.4. The quantitative estimate of drug-likeness (QED) is 0.446. The summed E-state index contributed by atoms with van der Waals surface area (Å²) >= 11 is 0. The number of ether oxygens (including phenoxy) is 2. The molecule has 1 aliphatic carbocycles. The van der Waals surface area contributed by atoms with Crippen LogP contribution in [0.15, 0.2) is 11.6 Å². The average molecular weight is 479 g/mol. The molecule has 3 atom stereocenters. The topological polar surface area (TPSA) is 66.7 Å². The molecule has 6 heteroatoms. The van der Waals surface area contributed by atoms with E-state index in [2.05, 4.69) is 10.1 Å². The molecule has 0 aromatic rings. The van der Waals surface area contributed by atoms with Crippen LogP contribution in [0, 0.1) is 49.5 Å². The molecule has 0 amide bonds. The Bertz CT molecular complexity index is 413. The molecule has 0 bridgehead atoms. The van der Waals surface area contributed by atoms with Gasteiger partial charge in [0, 0.05) is 56.1 Å². The van der Waals surface area contributed by atoms with E-state index in [0.29, 0.717) is 12.0 Å². The number of methoxy groups -OCH3 is 1. The Morgan fingerprint density at radius 1 is 1.37 bits per heavy atom. The number of hydrogen-bond acceptors (Lipinski definition) is 4. The number of carbonyl (C=O) groups excluding carboxylic acids is 2. The summed E-state index contributed by atoms with van der Waals surface area (Å²) in [6.45, 7) is 5.41. The summed E-state index contributed by atoms with van der Waals surface area (Å²) in [5.74, 6) is -0.633. The fraction of sp³-hybridized carbons (Fsp3) is 0.692. The first-order chi connectivity index (χ1) is 8.32. The Balaban J connectivity index is 0.00000180. The zero-order valence-electron chi connectivity index (χ0n) is 11.7. The molecular weight excluding hydrogens is 461 g/mol. The minimum atomic E-state index is -0.545. The third kappa shape index (κ3) is 4.03. The van der Waals surface area contributed by atoms with Crippen molar-refractivity contribution in [2.75, 3.05) is 7.11 Å². The molecule has 0 aromatic heterocycles. The first-order valence-corrected chi connectivity index (χ1v) is 6.03. The van der Waals surface area contributed by atoms with Crippen LogP contribution in [-0.4, -0.2) is 37.2 Å². The van der Waals surface area contributed by atoms with Crippen molar-refractivity contribution in [3.05, 3.63) is 17.0 Å². The van der Waals surface area contributed by atoms with E-state index in [4.69, 9.17) is 4.74 Å². The van der Waals surface area contributed by atoms with Crippen molar-refractivity contribution in [1.29, 1.82) is 0 Å². The number of rotatable bonds is 2. The molecule has 5 nitrogen and oxygen atoms in total. The number of nitrogens with zero attached hydrogens (tertiary/aromatic N) is 1. The summed E-state index contributed by atoms with van der Waals surface area (Å²) in [5, 5.41) is 4.28. The van der Waals surface area contributed by atoms with Gasteiger partial charge in [-0.1, -0.05) is 6.08 Å². The number of carbonyl (C=O) groups is 2. The van der Waals surface area contributed by atoms with Gasteiger partial charge in [-0.05, 0) is 20.8 Å². The Kier molecular flexibility index (Phi) is 5.63. The summed E-state index contributed by atoms with van der Waals surface area (Å²) in [5.41, 5.74) is 0.00321. The van der Waals surface area contributed by atoms with Crippen LogP contribution in [0.2, 0.25) is 0 Å². The molecule has 1 heterocycles. The molecule has 1 radical (unpaired) electrons. The van der Waals surface area contributed by atoms with E-state index in [0.717, 1.165) is 0 Å². The summed E-state index contributed by atoms with van der Waals surface area (Å²) in [6.07, 6.45) is 1.86. The summed E-state index contributed by atoms with van der Waals surface area (Å²) in [6, 6.07) is 0.0234. The van der Waals surface area contributed by atoms with Crippen LogP contribution < -0.4 is 0 Å². The minimum Gasteiger partial charge on any atom is -0.652 e. The van der Waals surface area contributed by atoms with E-state index in [-0.39, 0.29) is 74.2 Å². The molecule has 2 unspecified atom stereocenters. The van der Waals surface area contributed by atoms with Gasteiger partial charge in [-0.2, -0.15) is 0 Å². The molecule has 19 heavy (non-hydrogen) atoms. The van der Waals surface area contributed by atoms with Crippen LogP contribution in [0.25, 0.3) is 5.32 Å². The molecular formula is C13H18AcNO4-. The van der Waals surface area contributed by atoms with Crippen molar-refractivity contribution in [2.24, 2.45) is 5.41 Å². The van der Waals surface area contributed by atoms with E-state index >= 15 is 0 Å². The maximum absolute atomic E-state index is 11.8. The average Bonchev–Trinajstić information content (AvgIpc) is 3.05. The van der Waals surface area contributed by atoms with Crippen molar-refractivity contribution in [3.63, 3.8) is 0 Å². The second-order valence-corrected chi connectivity index (χ2v) is 5.71. The molecule has 1 fully saturated rings. The van der Waals surface area contributed by atoms with Crippen LogP contribution in [0.3, 0.4) is 0 Å². The van der Waals surface area contributed by atoms with Crippen LogP contribution in [0.4, 0.5) is 0 Å². The second-order valence-electron chi connectivity index (χ2n) is 5.71. The first kappa shape index (κ1) is 17.1. The predicted molar refractivity (Wildman–Crippen MR) is 65.0 cm³/mol. The maximum Gasteiger partial charge on any atom is 0.333 e. The van der Waals surface area contributed by atoms with Gasteiger partial charge in [0.05, 0.1) is 18.6 Å². The second kappa shape index (κ2) is 6.24. The number of esters is 2. The maximum atomic E-state index is 11.8. The minimum absolute atomic E-state index is 0. The smallest absolute Gasteiger partial charge is 0.333 e. The third-order valence-electron chi connectivity index (χ3n) is 3.10. The van der Waals surface area contributed by atoms with Gasteiger partial charge in [0.15, 0.2) is 0 Å². The van der Waals surface area contributed by atoms with E-state index in [1.165, 1.54) is 7.11 Å². The van der Waals surface area contributed by atoms with Gasteiger partial charge in [0.2, 0.25) is 0 Å². The van der Waals surface area contributed by atoms with Crippen molar-refractivity contribution in [2.45, 2.75) is 45.4 Å². The molecule has 0 N–H and O–H groups in total. The molecule has 1 aliphatic heterocycles. The SMILES string of the molecule is COC(=O)C1=CC2[N-]C2[C@H](OC(=O)C(C)(C)C)C1.[Ac]. The first-order valence-electron chi connectivity index (χ1n) is 6.03. The molecule has 0 saturated carbocycles. The van der Waals surface area contributed by atoms with Crippen molar-refractivity contribution >= 4 is 11.9 Å². The molecule has 103 valence electrons. The van der Waals surface area contributed by atoms with Gasteiger partial charge in [-0.25, -0.2) is 4.79 Å². The fourth-order valence-corrected chi connectivity index (χ4v) is 1.93. The Hall–Kier alpha value is 0.0816. The van der Waals surface area contributed by atoms with Gasteiger partial charge in [0.25, 0.3) is 0 Å². The van der Waals surface area contributed by atoms with Crippen LogP contribution >= 0.6 is 0 Å². The number of hydrogen-bond donors (Lipinski definition) is 0. The molecule has 0 spiro atoms. The summed E-state index contributed by atoms with van der Waals surface area (Å²) in [4.78, 5) is 23.3. The van der Waals surface area contributed by atoms with Gasteiger partial charge in [-0.15, -0.1) is 12.1 Å². The molecule has 0 aromatic carbocycles. The normalized spacial score (nSPS) is 28.4. The Morgan fingerprint density at radius 3 is 2.53 bits per heavy atom. The van der Waals surface area contributed by atoms with E-state index < -0.39 is 5.41 Å². The van der Waals surface area contributed by atoms with Gasteiger partial charge >= 0.3 is 11.9 Å². The fourth-order valence-electron chi connectivity index (χ4n) is 1.93. The van der Waals surface area contributed by atoms with Crippen LogP contribution in [0.5, 0.6) is 0 Å². The predicted octanol–water partition coefficient (Wildman–Crippen LogP) is 1.57. The third-order valence-corrected chi connectivity index (χ3v) is 3.10. The standard InChI is InChI=1S/C13H18NO4.Ac/c1-13(2,3)12(16)18-9-6-7(11(15)17-4)5-8-10(9)14-8;/h5,8-10H,6H2,1-4H3;/q-1;/t8?,9-,10?;/m1./s1. The summed E-state index contributed by atoms with van der Waals surface area (Å²) < 4.78 is 10.1. The van der Waals surface area contributed by atoms with Gasteiger partial charge in [-0.3, -0.25) is 4.79 Å².